The van der Waals surface area contributed by atoms with Crippen LogP contribution in [0.5, 0.6) is 17.4 Å². The van der Waals surface area contributed by atoms with Crippen molar-refractivity contribution in [3.63, 3.8) is 0 Å². The van der Waals surface area contributed by atoms with Crippen molar-refractivity contribution in [3.8, 4) is 23.2 Å². The molecule has 0 fully saturated rings. The van der Waals surface area contributed by atoms with Gasteiger partial charge in [0.25, 0.3) is 0 Å². The largest absolute Gasteiger partial charge is 0.497 e. The van der Waals surface area contributed by atoms with E-state index in [1.807, 2.05) is 0 Å². The number of benzene rings is 1. The van der Waals surface area contributed by atoms with Gasteiger partial charge in [0.15, 0.2) is 0 Å². The van der Waals surface area contributed by atoms with E-state index in [9.17, 15) is 10.1 Å². The Morgan fingerprint density at radius 2 is 1.91 bits per heavy atom. The Morgan fingerprint density at radius 3 is 2.52 bits per heavy atom. The quantitative estimate of drug-likeness (QED) is 0.526. The lowest BCUT2D eigenvalue weighted by Gasteiger charge is -2.08. The van der Waals surface area contributed by atoms with Crippen molar-refractivity contribution in [1.29, 1.82) is 0 Å². The molecule has 0 radical (unpaired) electrons. The summed E-state index contributed by atoms with van der Waals surface area (Å²) >= 11 is 0. The fourth-order valence-corrected chi connectivity index (χ4v) is 1.92. The molecule has 0 amide bonds. The first-order valence-electron chi connectivity index (χ1n) is 6.48. The summed E-state index contributed by atoms with van der Waals surface area (Å²) in [6.07, 6.45) is 5.65. The molecule has 0 bridgehead atoms. The Bertz CT molecular complexity index is 818. The van der Waals surface area contributed by atoms with Crippen LogP contribution in [-0.4, -0.2) is 31.6 Å². The van der Waals surface area contributed by atoms with E-state index in [2.05, 4.69) is 15.0 Å². The lowest BCUT2D eigenvalue weighted by atomic mass is 10.3. The summed E-state index contributed by atoms with van der Waals surface area (Å²) in [4.78, 5) is 22.5. The van der Waals surface area contributed by atoms with Gasteiger partial charge in [0, 0.05) is 12.4 Å². The maximum atomic E-state index is 11.4. The molecule has 0 aliphatic carbocycles. The molecule has 0 N–H and O–H groups in total. The molecule has 1 aromatic carbocycles. The highest BCUT2D eigenvalue weighted by molar-refractivity contribution is 5.55. The van der Waals surface area contributed by atoms with Crippen molar-refractivity contribution < 1.29 is 14.4 Å². The molecule has 3 aromatic rings. The van der Waals surface area contributed by atoms with Crippen molar-refractivity contribution in [2.75, 3.05) is 7.11 Å². The van der Waals surface area contributed by atoms with Crippen LogP contribution in [0.2, 0.25) is 0 Å². The van der Waals surface area contributed by atoms with Crippen LogP contribution in [0.4, 0.5) is 5.69 Å². The normalized spacial score (nSPS) is 10.3. The van der Waals surface area contributed by atoms with E-state index in [1.165, 1.54) is 23.4 Å². The average molecular weight is 313 g/mol. The highest BCUT2D eigenvalue weighted by Gasteiger charge is 2.26. The first kappa shape index (κ1) is 14.4. The molecule has 116 valence electrons. The zero-order chi connectivity index (χ0) is 16.2. The van der Waals surface area contributed by atoms with Crippen LogP contribution < -0.4 is 9.47 Å². The summed E-state index contributed by atoms with van der Waals surface area (Å²) in [7, 11) is 1.54. The summed E-state index contributed by atoms with van der Waals surface area (Å²) in [5.41, 5.74) is -0.346. The number of methoxy groups -OCH3 is 1. The SMILES string of the molecule is COc1ccc(Oc2ncnc(-n3ccnc3)c2[N+](=O)[O-])cc1. The van der Waals surface area contributed by atoms with Crippen molar-refractivity contribution in [1.82, 2.24) is 19.5 Å². The maximum absolute atomic E-state index is 11.4. The molecule has 23 heavy (non-hydrogen) atoms. The Kier molecular flexibility index (Phi) is 3.83. The second kappa shape index (κ2) is 6.10. The molecule has 2 heterocycles. The number of hydrogen-bond donors (Lipinski definition) is 0. The predicted octanol–water partition coefficient (Wildman–Crippen LogP) is 2.37. The van der Waals surface area contributed by atoms with Gasteiger partial charge in [-0.15, -0.1) is 0 Å². The van der Waals surface area contributed by atoms with Crippen LogP contribution in [0.1, 0.15) is 0 Å². The van der Waals surface area contributed by atoms with E-state index in [0.29, 0.717) is 11.5 Å². The second-order valence-electron chi connectivity index (χ2n) is 4.36. The number of ether oxygens (including phenoxy) is 2. The molecule has 0 saturated carbocycles. The summed E-state index contributed by atoms with van der Waals surface area (Å²) in [5.74, 6) is 0.961. The third-order valence-corrected chi connectivity index (χ3v) is 2.97. The molecule has 9 nitrogen and oxygen atoms in total. The topological polar surface area (TPSA) is 105 Å². The minimum Gasteiger partial charge on any atom is -0.497 e. The molecule has 0 atom stereocenters. The van der Waals surface area contributed by atoms with Gasteiger partial charge in [-0.05, 0) is 24.3 Å². The van der Waals surface area contributed by atoms with E-state index < -0.39 is 4.92 Å². The highest BCUT2D eigenvalue weighted by Crippen LogP contribution is 2.33. The van der Waals surface area contributed by atoms with Gasteiger partial charge in [-0.2, -0.15) is 4.98 Å². The third kappa shape index (κ3) is 2.93. The zero-order valence-corrected chi connectivity index (χ0v) is 12.0. The second-order valence-corrected chi connectivity index (χ2v) is 4.36. The lowest BCUT2D eigenvalue weighted by Crippen LogP contribution is -2.04. The standard InChI is InChI=1S/C14H11N5O4/c1-22-10-2-4-11(5-3-10)23-14-12(19(20)21)13(16-8-17-14)18-7-6-15-9-18/h2-9H,1H3. The van der Waals surface area contributed by atoms with E-state index in [1.54, 1.807) is 37.6 Å². The number of aromatic nitrogens is 4. The summed E-state index contributed by atoms with van der Waals surface area (Å²) in [6, 6.07) is 6.61. The Labute approximate surface area is 130 Å². The van der Waals surface area contributed by atoms with Crippen molar-refractivity contribution in [2.45, 2.75) is 0 Å². The van der Waals surface area contributed by atoms with E-state index in [4.69, 9.17) is 9.47 Å². The smallest absolute Gasteiger partial charge is 0.374 e. The van der Waals surface area contributed by atoms with Gasteiger partial charge in [0.1, 0.15) is 24.2 Å². The van der Waals surface area contributed by atoms with Crippen LogP contribution in [0.25, 0.3) is 5.82 Å². The van der Waals surface area contributed by atoms with Crippen molar-refractivity contribution >= 4 is 5.69 Å². The van der Waals surface area contributed by atoms with Gasteiger partial charge in [0.05, 0.1) is 12.0 Å². The van der Waals surface area contributed by atoms with E-state index in [0.717, 1.165) is 0 Å². The number of nitrogens with zero attached hydrogens (tertiary/aromatic N) is 5. The third-order valence-electron chi connectivity index (χ3n) is 2.97. The molecule has 9 heteroatoms. The number of hydrogen-bond acceptors (Lipinski definition) is 7. The van der Waals surface area contributed by atoms with Gasteiger partial charge >= 0.3 is 11.6 Å². The molecule has 0 unspecified atom stereocenters. The Hall–Kier alpha value is -3.49. The van der Waals surface area contributed by atoms with Crippen LogP contribution in [0.3, 0.4) is 0 Å². The predicted molar refractivity (Wildman–Crippen MR) is 78.9 cm³/mol. The lowest BCUT2D eigenvalue weighted by molar-refractivity contribution is -0.386. The van der Waals surface area contributed by atoms with Crippen molar-refractivity contribution in [3.05, 3.63) is 59.4 Å². The average Bonchev–Trinajstić information content (AvgIpc) is 3.09. The molecule has 0 aliphatic rings. The van der Waals surface area contributed by atoms with E-state index in [-0.39, 0.29) is 17.4 Å². The highest BCUT2D eigenvalue weighted by atomic mass is 16.6. The maximum Gasteiger partial charge on any atom is 0.374 e. The minimum atomic E-state index is -0.589. The first-order valence-corrected chi connectivity index (χ1v) is 6.48. The van der Waals surface area contributed by atoms with Crippen LogP contribution in [0, 0.1) is 10.1 Å². The van der Waals surface area contributed by atoms with Gasteiger partial charge in [-0.1, -0.05) is 0 Å². The zero-order valence-electron chi connectivity index (χ0n) is 12.0. The Balaban J connectivity index is 2.01. The van der Waals surface area contributed by atoms with Gasteiger partial charge in [-0.3, -0.25) is 14.7 Å². The summed E-state index contributed by atoms with van der Waals surface area (Å²) < 4.78 is 12.0. The van der Waals surface area contributed by atoms with Crippen LogP contribution >= 0.6 is 0 Å². The molecule has 0 spiro atoms. The molecule has 0 aliphatic heterocycles. The first-order chi connectivity index (χ1) is 11.2. The summed E-state index contributed by atoms with van der Waals surface area (Å²) in [6.45, 7) is 0. The van der Waals surface area contributed by atoms with Gasteiger partial charge in [0.2, 0.25) is 5.82 Å². The molecule has 0 saturated heterocycles. The minimum absolute atomic E-state index is 0.0750. The number of imidazole rings is 1. The van der Waals surface area contributed by atoms with Crippen LogP contribution in [0.15, 0.2) is 49.3 Å². The molecular formula is C14H11N5O4. The monoisotopic (exact) mass is 313 g/mol. The van der Waals surface area contributed by atoms with E-state index >= 15 is 0 Å². The number of rotatable bonds is 5. The molecule has 2 aromatic heterocycles. The van der Waals surface area contributed by atoms with Crippen molar-refractivity contribution in [2.24, 2.45) is 0 Å². The number of nitro groups is 1. The molecular weight excluding hydrogens is 302 g/mol. The fraction of sp³-hybridized carbons (Fsp3) is 0.0714. The Morgan fingerprint density at radius 1 is 1.17 bits per heavy atom. The summed E-state index contributed by atoms with van der Waals surface area (Å²) in [5, 5.41) is 11.4. The van der Waals surface area contributed by atoms with Crippen LogP contribution in [-0.2, 0) is 0 Å². The fourth-order valence-electron chi connectivity index (χ4n) is 1.92. The van der Waals surface area contributed by atoms with Gasteiger partial charge in [-0.25, -0.2) is 9.97 Å². The van der Waals surface area contributed by atoms with Gasteiger partial charge < -0.3 is 9.47 Å². The molecule has 3 rings (SSSR count).